The summed E-state index contributed by atoms with van der Waals surface area (Å²) in [7, 11) is -2.46. The van der Waals surface area contributed by atoms with Crippen molar-refractivity contribution in [1.29, 1.82) is 0 Å². The zero-order valence-electron chi connectivity index (χ0n) is 24.8. The average Bonchev–Trinajstić information content (AvgIpc) is 2.88. The van der Waals surface area contributed by atoms with Crippen LogP contribution in [0.3, 0.4) is 0 Å². The summed E-state index contributed by atoms with van der Waals surface area (Å²) < 4.78 is 37.0. The van der Waals surface area contributed by atoms with Crippen LogP contribution in [0.25, 0.3) is 0 Å². The number of halogens is 1. The maximum Gasteiger partial charge on any atom is 0.339 e. The first-order chi connectivity index (χ1) is 19.7. The molecule has 0 fully saturated rings. The molecule has 0 amide bonds. The van der Waals surface area contributed by atoms with E-state index < -0.39 is 16.0 Å². The number of Topliss-reactive ketones (excluding diaryl/α,β-unsaturated/α-hetero) is 2. The third kappa shape index (κ3) is 6.08. The fourth-order valence-corrected chi connectivity index (χ4v) is 7.59. The maximum absolute atomic E-state index is 14.0. The second kappa shape index (κ2) is 11.3. The van der Waals surface area contributed by atoms with Gasteiger partial charge in [-0.1, -0.05) is 51.4 Å². The fraction of sp³-hybridized carbons (Fsp3) is 0.455. The van der Waals surface area contributed by atoms with Crippen molar-refractivity contribution in [1.82, 2.24) is 4.90 Å². The fourth-order valence-electron chi connectivity index (χ4n) is 6.54. The molecule has 9 heteroatoms. The van der Waals surface area contributed by atoms with Gasteiger partial charge in [0.2, 0.25) is 0 Å². The van der Waals surface area contributed by atoms with Gasteiger partial charge in [-0.25, -0.2) is 0 Å². The summed E-state index contributed by atoms with van der Waals surface area (Å²) >= 11 is 5.94. The first-order valence-corrected chi connectivity index (χ1v) is 16.1. The Morgan fingerprint density at radius 2 is 1.45 bits per heavy atom. The molecule has 2 aromatic carbocycles. The lowest BCUT2D eigenvalue weighted by Crippen LogP contribution is -2.44. The van der Waals surface area contributed by atoms with Crippen LogP contribution in [0.4, 0.5) is 0 Å². The summed E-state index contributed by atoms with van der Waals surface area (Å²) in [6, 6.07) is 12.5. The molecule has 0 spiro atoms. The third-order valence-electron chi connectivity index (χ3n) is 8.25. The highest BCUT2D eigenvalue weighted by molar-refractivity contribution is 7.87. The standard InChI is InChI=1S/C33H38ClNO6S/c1-32(2)17-25-30(27(36)19-32)29(31-26(35(25)14-7-15-40-5)18-33(3,4)20-28(31)37)21-8-6-9-23(16-21)41-42(38,39)24-12-10-22(34)11-13-24/h6,8-13,16,29H,7,14-15,17-20H2,1-5H3. The molecule has 1 aliphatic heterocycles. The Kier molecular flexibility index (Phi) is 8.20. The van der Waals surface area contributed by atoms with E-state index in [1.54, 1.807) is 25.3 Å². The molecule has 0 N–H and O–H groups in total. The van der Waals surface area contributed by atoms with Crippen molar-refractivity contribution in [3.05, 3.63) is 81.7 Å². The monoisotopic (exact) mass is 611 g/mol. The second-order valence-electron chi connectivity index (χ2n) is 13.1. The van der Waals surface area contributed by atoms with E-state index in [0.717, 1.165) is 17.8 Å². The van der Waals surface area contributed by atoms with Crippen LogP contribution in [0, 0.1) is 10.8 Å². The number of benzene rings is 2. The zero-order chi connectivity index (χ0) is 30.4. The molecule has 0 saturated heterocycles. The van der Waals surface area contributed by atoms with Gasteiger partial charge in [0, 0.05) is 66.6 Å². The maximum atomic E-state index is 14.0. The highest BCUT2D eigenvalue weighted by atomic mass is 35.5. The van der Waals surface area contributed by atoms with Crippen LogP contribution >= 0.6 is 11.6 Å². The predicted octanol–water partition coefficient (Wildman–Crippen LogP) is 6.83. The zero-order valence-corrected chi connectivity index (χ0v) is 26.4. The smallest absolute Gasteiger partial charge is 0.339 e. The highest BCUT2D eigenvalue weighted by Gasteiger charge is 2.48. The van der Waals surface area contributed by atoms with Gasteiger partial charge in [0.05, 0.1) is 0 Å². The van der Waals surface area contributed by atoms with Crippen molar-refractivity contribution in [2.75, 3.05) is 20.3 Å². The van der Waals surface area contributed by atoms with E-state index in [-0.39, 0.29) is 33.0 Å². The molecule has 2 aliphatic carbocycles. The molecule has 7 nitrogen and oxygen atoms in total. The number of carbonyl (C=O) groups excluding carboxylic acids is 2. The highest BCUT2D eigenvalue weighted by Crippen LogP contribution is 2.54. The normalized spacial score (nSPS) is 20.5. The van der Waals surface area contributed by atoms with Gasteiger partial charge in [-0.3, -0.25) is 9.59 Å². The Bertz CT molecular complexity index is 1530. The minimum atomic E-state index is -4.13. The van der Waals surface area contributed by atoms with Crippen LogP contribution in [-0.4, -0.2) is 45.1 Å². The lowest BCUT2D eigenvalue weighted by molar-refractivity contribution is -0.119. The van der Waals surface area contributed by atoms with Crippen molar-refractivity contribution < 1.29 is 26.9 Å². The van der Waals surface area contributed by atoms with Crippen molar-refractivity contribution in [2.45, 2.75) is 70.6 Å². The lowest BCUT2D eigenvalue weighted by atomic mass is 9.63. The Morgan fingerprint density at radius 3 is 2.00 bits per heavy atom. The van der Waals surface area contributed by atoms with Crippen LogP contribution in [0.15, 0.2) is 76.0 Å². The van der Waals surface area contributed by atoms with Gasteiger partial charge < -0.3 is 13.8 Å². The summed E-state index contributed by atoms with van der Waals surface area (Å²) in [5.41, 5.74) is 3.39. The first kappa shape index (κ1) is 30.5. The lowest BCUT2D eigenvalue weighted by Gasteiger charge is -2.49. The van der Waals surface area contributed by atoms with Crippen molar-refractivity contribution in [2.24, 2.45) is 10.8 Å². The molecule has 0 aromatic heterocycles. The van der Waals surface area contributed by atoms with Crippen molar-refractivity contribution >= 4 is 33.3 Å². The van der Waals surface area contributed by atoms with Crippen LogP contribution in [-0.2, 0) is 24.4 Å². The number of rotatable bonds is 8. The van der Waals surface area contributed by atoms with E-state index in [4.69, 9.17) is 20.5 Å². The second-order valence-corrected chi connectivity index (χ2v) is 15.1. The van der Waals surface area contributed by atoms with E-state index in [0.29, 0.717) is 60.6 Å². The van der Waals surface area contributed by atoms with E-state index >= 15 is 0 Å². The molecule has 3 aliphatic rings. The molecule has 0 bridgehead atoms. The van der Waals surface area contributed by atoms with Gasteiger partial charge >= 0.3 is 10.1 Å². The molecule has 0 unspecified atom stereocenters. The topological polar surface area (TPSA) is 90.0 Å². The summed E-state index contributed by atoms with van der Waals surface area (Å²) in [4.78, 5) is 30.1. The third-order valence-corrected chi connectivity index (χ3v) is 9.77. The van der Waals surface area contributed by atoms with Gasteiger partial charge in [0.1, 0.15) is 10.6 Å². The molecule has 0 saturated carbocycles. The van der Waals surface area contributed by atoms with E-state index in [1.807, 2.05) is 6.07 Å². The summed E-state index contributed by atoms with van der Waals surface area (Å²) in [5, 5.41) is 0.415. The number of ketones is 2. The number of nitrogens with zero attached hydrogens (tertiary/aromatic N) is 1. The van der Waals surface area contributed by atoms with Gasteiger partial charge in [0.15, 0.2) is 11.6 Å². The van der Waals surface area contributed by atoms with E-state index in [2.05, 4.69) is 32.6 Å². The number of hydrogen-bond acceptors (Lipinski definition) is 7. The predicted molar refractivity (Wildman–Crippen MR) is 162 cm³/mol. The first-order valence-electron chi connectivity index (χ1n) is 14.3. The summed E-state index contributed by atoms with van der Waals surface area (Å²) in [6.07, 6.45) is 2.90. The Morgan fingerprint density at radius 1 is 0.881 bits per heavy atom. The number of hydrogen-bond donors (Lipinski definition) is 0. The van der Waals surface area contributed by atoms with Gasteiger partial charge in [-0.2, -0.15) is 8.42 Å². The van der Waals surface area contributed by atoms with Gasteiger partial charge in [-0.15, -0.1) is 0 Å². The van der Waals surface area contributed by atoms with Crippen molar-refractivity contribution in [3.8, 4) is 5.75 Å². The number of ether oxygens (including phenoxy) is 1. The SMILES string of the molecule is COCCCN1C2=C(C(=O)CC(C)(C)C2)C(c2cccc(OS(=O)(=O)c3ccc(Cl)cc3)c2)C2=C1CC(C)(C)CC2=O. The Balaban J connectivity index is 1.64. The van der Waals surface area contributed by atoms with Gasteiger partial charge in [0.25, 0.3) is 0 Å². The van der Waals surface area contributed by atoms with E-state index in [9.17, 15) is 18.0 Å². The minimum absolute atomic E-state index is 0.0206. The van der Waals surface area contributed by atoms with E-state index in [1.165, 1.54) is 24.3 Å². The van der Waals surface area contributed by atoms with Crippen LogP contribution in [0.5, 0.6) is 5.75 Å². The minimum Gasteiger partial charge on any atom is -0.385 e. The molecule has 224 valence electrons. The van der Waals surface area contributed by atoms with Crippen LogP contribution in [0.1, 0.15) is 71.3 Å². The number of allylic oxidation sites excluding steroid dienone is 4. The van der Waals surface area contributed by atoms with Gasteiger partial charge in [-0.05, 0) is 72.1 Å². The largest absolute Gasteiger partial charge is 0.385 e. The molecule has 0 atom stereocenters. The number of methoxy groups -OCH3 is 1. The molecule has 42 heavy (non-hydrogen) atoms. The molecule has 2 aromatic rings. The molecule has 1 heterocycles. The number of carbonyl (C=O) groups is 2. The molecule has 5 rings (SSSR count). The average molecular weight is 612 g/mol. The quantitative estimate of drug-likeness (QED) is 0.239. The molecular formula is C33H38ClNO6S. The molecule has 0 radical (unpaired) electrons. The van der Waals surface area contributed by atoms with Crippen LogP contribution < -0.4 is 4.18 Å². The Labute approximate surface area is 253 Å². The van der Waals surface area contributed by atoms with Crippen LogP contribution in [0.2, 0.25) is 5.02 Å². The Hall–Kier alpha value is -2.94. The summed E-state index contributed by atoms with van der Waals surface area (Å²) in [5.74, 6) is -0.441. The summed E-state index contributed by atoms with van der Waals surface area (Å²) in [6.45, 7) is 9.63. The van der Waals surface area contributed by atoms with Crippen molar-refractivity contribution in [3.63, 3.8) is 0 Å². The molecular weight excluding hydrogens is 574 g/mol.